The van der Waals surface area contributed by atoms with Gasteiger partial charge in [0.1, 0.15) is 12.2 Å². The molecule has 1 atom stereocenters. The lowest BCUT2D eigenvalue weighted by Crippen LogP contribution is -2.38. The summed E-state index contributed by atoms with van der Waals surface area (Å²) >= 11 is 1.73. The standard InChI is InChI=1S/C15H17N5OS/c1-10(14-17-9-18-20-14)19-15(21)16-7-6-11-8-22-13-5-3-2-4-12(11)13/h2-5,8-10H,6-7H2,1H3,(H2,16,19,21)(H,17,18,20)/t10-/m0/s1. The molecule has 0 fully saturated rings. The van der Waals surface area contributed by atoms with Crippen LogP contribution in [0.25, 0.3) is 10.1 Å². The van der Waals surface area contributed by atoms with E-state index in [1.807, 2.05) is 19.1 Å². The summed E-state index contributed by atoms with van der Waals surface area (Å²) in [5, 5.41) is 15.6. The molecule has 0 bridgehead atoms. The summed E-state index contributed by atoms with van der Waals surface area (Å²) < 4.78 is 1.28. The number of thiophene rings is 1. The number of rotatable bonds is 5. The first-order chi connectivity index (χ1) is 10.7. The first kappa shape index (κ1) is 14.5. The van der Waals surface area contributed by atoms with Crippen molar-refractivity contribution in [3.8, 4) is 0 Å². The summed E-state index contributed by atoms with van der Waals surface area (Å²) in [5.74, 6) is 0.638. The zero-order valence-corrected chi connectivity index (χ0v) is 13.0. The Bertz CT molecular complexity index is 752. The van der Waals surface area contributed by atoms with E-state index < -0.39 is 0 Å². The van der Waals surface area contributed by atoms with Gasteiger partial charge in [-0.15, -0.1) is 11.3 Å². The predicted octanol–water partition coefficient (Wildman–Crippen LogP) is 2.62. The molecule has 3 N–H and O–H groups in total. The second-order valence-corrected chi connectivity index (χ2v) is 5.91. The fourth-order valence-corrected chi connectivity index (χ4v) is 3.27. The van der Waals surface area contributed by atoms with Crippen LogP contribution in [-0.2, 0) is 6.42 Å². The Morgan fingerprint density at radius 1 is 1.41 bits per heavy atom. The summed E-state index contributed by atoms with van der Waals surface area (Å²) in [6.45, 7) is 2.45. The van der Waals surface area contributed by atoms with Gasteiger partial charge in [0.15, 0.2) is 0 Å². The van der Waals surface area contributed by atoms with E-state index in [4.69, 9.17) is 0 Å². The largest absolute Gasteiger partial charge is 0.338 e. The van der Waals surface area contributed by atoms with Gasteiger partial charge in [-0.2, -0.15) is 5.10 Å². The molecule has 2 aromatic heterocycles. The molecule has 2 amide bonds. The second kappa shape index (κ2) is 6.57. The number of nitrogens with one attached hydrogen (secondary N) is 3. The Balaban J connectivity index is 1.49. The van der Waals surface area contributed by atoms with E-state index in [0.29, 0.717) is 12.4 Å². The van der Waals surface area contributed by atoms with Crippen LogP contribution < -0.4 is 10.6 Å². The fraction of sp³-hybridized carbons (Fsp3) is 0.267. The van der Waals surface area contributed by atoms with E-state index in [1.54, 1.807) is 11.3 Å². The van der Waals surface area contributed by atoms with Gasteiger partial charge in [-0.05, 0) is 35.7 Å². The van der Waals surface area contributed by atoms with E-state index in [-0.39, 0.29) is 12.1 Å². The van der Waals surface area contributed by atoms with Crippen LogP contribution in [0.4, 0.5) is 4.79 Å². The third-order valence-electron chi connectivity index (χ3n) is 3.43. The van der Waals surface area contributed by atoms with Gasteiger partial charge in [0.05, 0.1) is 6.04 Å². The molecule has 0 unspecified atom stereocenters. The molecule has 22 heavy (non-hydrogen) atoms. The molecule has 0 radical (unpaired) electrons. The Hall–Kier alpha value is -2.41. The highest BCUT2D eigenvalue weighted by Gasteiger charge is 2.11. The SMILES string of the molecule is C[C@H](NC(=O)NCCc1csc2ccccc12)c1ncn[nH]1. The van der Waals surface area contributed by atoms with Crippen LogP contribution in [-0.4, -0.2) is 27.8 Å². The summed E-state index contributed by atoms with van der Waals surface area (Å²) in [7, 11) is 0. The number of hydrogen-bond acceptors (Lipinski definition) is 4. The van der Waals surface area contributed by atoms with E-state index in [2.05, 4.69) is 43.3 Å². The highest BCUT2D eigenvalue weighted by Crippen LogP contribution is 2.25. The lowest BCUT2D eigenvalue weighted by Gasteiger charge is -2.12. The summed E-state index contributed by atoms with van der Waals surface area (Å²) in [5.41, 5.74) is 1.27. The number of nitrogens with zero attached hydrogens (tertiary/aromatic N) is 2. The zero-order chi connectivity index (χ0) is 15.4. The van der Waals surface area contributed by atoms with Gasteiger partial charge >= 0.3 is 6.03 Å². The molecule has 0 saturated heterocycles. The molecule has 2 heterocycles. The topological polar surface area (TPSA) is 82.7 Å². The molecule has 0 saturated carbocycles. The first-order valence-corrected chi connectivity index (χ1v) is 7.97. The normalized spacial score (nSPS) is 12.2. The molecular weight excluding hydrogens is 298 g/mol. The van der Waals surface area contributed by atoms with E-state index >= 15 is 0 Å². The molecule has 3 rings (SSSR count). The summed E-state index contributed by atoms with van der Waals surface area (Å²) in [6, 6.07) is 7.90. The van der Waals surface area contributed by atoms with Crippen molar-refractivity contribution in [2.24, 2.45) is 0 Å². The molecule has 114 valence electrons. The maximum Gasteiger partial charge on any atom is 0.315 e. The van der Waals surface area contributed by atoms with Crippen LogP contribution in [0.3, 0.4) is 0 Å². The number of benzene rings is 1. The molecule has 0 spiro atoms. The van der Waals surface area contributed by atoms with Crippen LogP contribution >= 0.6 is 11.3 Å². The van der Waals surface area contributed by atoms with Crippen LogP contribution in [0.1, 0.15) is 24.4 Å². The molecule has 0 aliphatic carbocycles. The third kappa shape index (κ3) is 3.25. The minimum atomic E-state index is -0.205. The van der Waals surface area contributed by atoms with Gasteiger partial charge in [-0.3, -0.25) is 5.10 Å². The second-order valence-electron chi connectivity index (χ2n) is 5.00. The van der Waals surface area contributed by atoms with E-state index in [0.717, 1.165) is 6.42 Å². The molecule has 3 aromatic rings. The Morgan fingerprint density at radius 2 is 2.27 bits per heavy atom. The predicted molar refractivity (Wildman–Crippen MR) is 86.9 cm³/mol. The number of hydrogen-bond donors (Lipinski definition) is 3. The average molecular weight is 315 g/mol. The van der Waals surface area contributed by atoms with Crippen molar-refractivity contribution < 1.29 is 4.79 Å². The number of aromatic amines is 1. The molecule has 1 aromatic carbocycles. The maximum absolute atomic E-state index is 11.9. The van der Waals surface area contributed by atoms with Crippen molar-refractivity contribution in [1.29, 1.82) is 0 Å². The average Bonchev–Trinajstić information content (AvgIpc) is 3.17. The van der Waals surface area contributed by atoms with E-state index in [9.17, 15) is 4.79 Å². The minimum absolute atomic E-state index is 0.204. The number of H-pyrrole nitrogens is 1. The van der Waals surface area contributed by atoms with Crippen molar-refractivity contribution in [2.75, 3.05) is 6.54 Å². The lowest BCUT2D eigenvalue weighted by molar-refractivity contribution is 0.237. The Labute approximate surface area is 132 Å². The number of fused-ring (bicyclic) bond motifs is 1. The quantitative estimate of drug-likeness (QED) is 0.677. The molecule has 0 aliphatic heterocycles. The Kier molecular flexibility index (Phi) is 4.34. The van der Waals surface area contributed by atoms with Gasteiger partial charge in [0, 0.05) is 11.2 Å². The van der Waals surface area contributed by atoms with Crippen LogP contribution in [0.5, 0.6) is 0 Å². The zero-order valence-electron chi connectivity index (χ0n) is 12.2. The monoisotopic (exact) mass is 315 g/mol. The van der Waals surface area contributed by atoms with Gasteiger partial charge in [0.25, 0.3) is 0 Å². The molecular formula is C15H17N5OS. The number of urea groups is 1. The molecule has 7 heteroatoms. The first-order valence-electron chi connectivity index (χ1n) is 7.09. The summed E-state index contributed by atoms with van der Waals surface area (Å²) in [4.78, 5) is 15.9. The number of amides is 2. The molecule has 0 aliphatic rings. The lowest BCUT2D eigenvalue weighted by atomic mass is 10.1. The van der Waals surface area contributed by atoms with Gasteiger partial charge < -0.3 is 10.6 Å². The van der Waals surface area contributed by atoms with Crippen molar-refractivity contribution >= 4 is 27.5 Å². The van der Waals surface area contributed by atoms with Crippen molar-refractivity contribution in [1.82, 2.24) is 25.8 Å². The summed E-state index contributed by atoms with van der Waals surface area (Å²) in [6.07, 6.45) is 2.24. The van der Waals surface area contributed by atoms with E-state index in [1.165, 1.54) is 22.0 Å². The van der Waals surface area contributed by atoms with Crippen molar-refractivity contribution in [3.05, 3.63) is 47.4 Å². The fourth-order valence-electron chi connectivity index (χ4n) is 2.28. The van der Waals surface area contributed by atoms with Crippen molar-refractivity contribution in [3.63, 3.8) is 0 Å². The van der Waals surface area contributed by atoms with Gasteiger partial charge in [-0.1, -0.05) is 18.2 Å². The smallest absolute Gasteiger partial charge is 0.315 e. The third-order valence-corrected chi connectivity index (χ3v) is 4.44. The highest BCUT2D eigenvalue weighted by atomic mass is 32.1. The number of carbonyl (C=O) groups excluding carboxylic acids is 1. The minimum Gasteiger partial charge on any atom is -0.338 e. The molecule has 6 nitrogen and oxygen atoms in total. The Morgan fingerprint density at radius 3 is 3.09 bits per heavy atom. The van der Waals surface area contributed by atoms with Crippen LogP contribution in [0.2, 0.25) is 0 Å². The maximum atomic E-state index is 11.9. The van der Waals surface area contributed by atoms with Gasteiger partial charge in [-0.25, -0.2) is 9.78 Å². The van der Waals surface area contributed by atoms with Crippen LogP contribution in [0.15, 0.2) is 36.0 Å². The van der Waals surface area contributed by atoms with Crippen LogP contribution in [0, 0.1) is 0 Å². The highest BCUT2D eigenvalue weighted by molar-refractivity contribution is 7.17. The number of carbonyl (C=O) groups is 1. The van der Waals surface area contributed by atoms with Gasteiger partial charge in [0.2, 0.25) is 0 Å². The van der Waals surface area contributed by atoms with Crippen molar-refractivity contribution in [2.45, 2.75) is 19.4 Å². The number of aromatic nitrogens is 3.